The van der Waals surface area contributed by atoms with Crippen molar-refractivity contribution >= 4 is 5.91 Å². The zero-order valence-electron chi connectivity index (χ0n) is 13.6. The van der Waals surface area contributed by atoms with Gasteiger partial charge in [0.2, 0.25) is 0 Å². The monoisotopic (exact) mass is 300 g/mol. The summed E-state index contributed by atoms with van der Waals surface area (Å²) >= 11 is 0. The van der Waals surface area contributed by atoms with Crippen LogP contribution in [0.25, 0.3) is 0 Å². The molecule has 1 amide bonds. The summed E-state index contributed by atoms with van der Waals surface area (Å²) in [5, 5.41) is 3.15. The minimum absolute atomic E-state index is 0.129. The Kier molecular flexibility index (Phi) is 3.94. The van der Waals surface area contributed by atoms with Gasteiger partial charge < -0.3 is 10.1 Å². The van der Waals surface area contributed by atoms with Gasteiger partial charge >= 0.3 is 0 Å². The number of nitrogens with one attached hydrogen (secondary N) is 1. The summed E-state index contributed by atoms with van der Waals surface area (Å²) in [5.41, 5.74) is 3.80. The Balaban J connectivity index is 1.69. The first kappa shape index (κ1) is 15.1. The third-order valence-electron chi connectivity index (χ3n) is 5.56. The molecule has 0 bridgehead atoms. The van der Waals surface area contributed by atoms with Crippen molar-refractivity contribution in [3.8, 4) is 5.75 Å². The number of rotatable bonds is 3. The lowest BCUT2D eigenvalue weighted by Gasteiger charge is -2.26. The molecule has 2 unspecified atom stereocenters. The fourth-order valence-electron chi connectivity index (χ4n) is 4.05. The lowest BCUT2D eigenvalue weighted by Crippen LogP contribution is -2.34. The number of ether oxygens (including phenoxy) is 1. The number of methoxy groups -OCH3 is 1. The number of allylic oxidation sites excluding steroid dienone is 2. The molecule has 2 aliphatic carbocycles. The molecule has 22 heavy (non-hydrogen) atoms. The molecule has 1 aromatic heterocycles. The number of aromatic nitrogens is 1. The number of hydrogen-bond acceptors (Lipinski definition) is 3. The van der Waals surface area contributed by atoms with E-state index < -0.39 is 0 Å². The van der Waals surface area contributed by atoms with E-state index in [1.54, 1.807) is 36.6 Å². The molecule has 4 nitrogen and oxygen atoms in total. The average molecular weight is 300 g/mol. The Bertz CT molecular complexity index is 623. The van der Waals surface area contributed by atoms with E-state index in [2.05, 4.69) is 24.1 Å². The van der Waals surface area contributed by atoms with Crippen LogP contribution in [-0.2, 0) is 0 Å². The smallest absolute Gasteiger partial charge is 0.273 e. The molecule has 2 atom stereocenters. The van der Waals surface area contributed by atoms with Crippen molar-refractivity contribution < 1.29 is 9.53 Å². The van der Waals surface area contributed by atoms with Gasteiger partial charge in [-0.3, -0.25) is 4.79 Å². The Morgan fingerprint density at radius 1 is 1.41 bits per heavy atom. The van der Waals surface area contributed by atoms with Gasteiger partial charge in [-0.2, -0.15) is 0 Å². The van der Waals surface area contributed by atoms with Crippen LogP contribution in [0, 0.1) is 5.41 Å². The first-order valence-corrected chi connectivity index (χ1v) is 8.02. The van der Waals surface area contributed by atoms with Crippen LogP contribution >= 0.6 is 0 Å². The molecule has 0 radical (unpaired) electrons. The maximum atomic E-state index is 12.5. The molecule has 0 saturated heterocycles. The number of nitrogens with zero attached hydrogens (tertiary/aromatic N) is 1. The van der Waals surface area contributed by atoms with E-state index in [-0.39, 0.29) is 11.9 Å². The molecule has 0 aromatic carbocycles. The van der Waals surface area contributed by atoms with Gasteiger partial charge in [-0.25, -0.2) is 4.98 Å². The maximum Gasteiger partial charge on any atom is 0.273 e. The Morgan fingerprint density at radius 2 is 2.23 bits per heavy atom. The van der Waals surface area contributed by atoms with Crippen molar-refractivity contribution in [1.29, 1.82) is 0 Å². The molecule has 4 heteroatoms. The van der Waals surface area contributed by atoms with Crippen molar-refractivity contribution in [3.05, 3.63) is 35.2 Å². The number of pyridine rings is 1. The minimum atomic E-state index is -0.129. The minimum Gasteiger partial charge on any atom is -0.494 e. The van der Waals surface area contributed by atoms with Crippen LogP contribution in [0.5, 0.6) is 5.75 Å². The summed E-state index contributed by atoms with van der Waals surface area (Å²) in [6, 6.07) is 3.78. The van der Waals surface area contributed by atoms with Gasteiger partial charge in [0.05, 0.1) is 7.11 Å². The number of hydrogen-bond donors (Lipinski definition) is 1. The second kappa shape index (κ2) is 5.75. The van der Waals surface area contributed by atoms with Gasteiger partial charge in [0.1, 0.15) is 5.75 Å². The molecule has 1 spiro atoms. The predicted molar refractivity (Wildman–Crippen MR) is 85.9 cm³/mol. The summed E-state index contributed by atoms with van der Waals surface area (Å²) in [6.45, 7) is 4.52. The fourth-order valence-corrected chi connectivity index (χ4v) is 4.05. The molecule has 118 valence electrons. The maximum absolute atomic E-state index is 12.5. The molecule has 3 rings (SSSR count). The van der Waals surface area contributed by atoms with E-state index in [0.29, 0.717) is 16.9 Å². The van der Waals surface area contributed by atoms with Crippen molar-refractivity contribution in [1.82, 2.24) is 10.3 Å². The molecular weight excluding hydrogens is 276 g/mol. The number of carbonyl (C=O) groups excluding carboxylic acids is 1. The van der Waals surface area contributed by atoms with E-state index >= 15 is 0 Å². The summed E-state index contributed by atoms with van der Waals surface area (Å²) in [5.74, 6) is 0.399. The topological polar surface area (TPSA) is 51.2 Å². The van der Waals surface area contributed by atoms with Gasteiger partial charge in [0.25, 0.3) is 5.91 Å². The number of carbonyl (C=O) groups is 1. The van der Waals surface area contributed by atoms with E-state index in [0.717, 1.165) is 12.8 Å². The standard InChI is InChI=1S/C18H24N2O2/c1-12-6-8-18(13(12)2)9-7-14(11-18)20-17(21)16-15(22-3)5-4-10-19-16/h4-5,10,14H,6-9,11H2,1-3H3,(H,20,21). The van der Waals surface area contributed by atoms with Gasteiger partial charge in [-0.15, -0.1) is 0 Å². The average Bonchev–Trinajstić information content (AvgIpc) is 3.07. The Labute approximate surface area is 132 Å². The molecular formula is C18H24N2O2. The molecule has 0 aliphatic heterocycles. The predicted octanol–water partition coefficient (Wildman–Crippen LogP) is 3.49. The molecule has 2 aliphatic rings. The van der Waals surface area contributed by atoms with Gasteiger partial charge in [0, 0.05) is 12.2 Å². The third kappa shape index (κ3) is 2.51. The zero-order valence-corrected chi connectivity index (χ0v) is 13.6. The Hall–Kier alpha value is -1.84. The first-order valence-electron chi connectivity index (χ1n) is 8.02. The van der Waals surface area contributed by atoms with Gasteiger partial charge in [-0.1, -0.05) is 11.1 Å². The molecule has 1 N–H and O–H groups in total. The zero-order chi connectivity index (χ0) is 15.7. The normalized spacial score (nSPS) is 27.5. The highest BCUT2D eigenvalue weighted by Crippen LogP contribution is 2.53. The van der Waals surface area contributed by atoms with Crippen molar-refractivity contribution in [2.45, 2.75) is 52.0 Å². The molecule has 1 saturated carbocycles. The highest BCUT2D eigenvalue weighted by Gasteiger charge is 2.44. The van der Waals surface area contributed by atoms with E-state index in [9.17, 15) is 4.79 Å². The highest BCUT2D eigenvalue weighted by molar-refractivity contribution is 5.95. The number of amides is 1. The van der Waals surface area contributed by atoms with Crippen molar-refractivity contribution in [2.75, 3.05) is 7.11 Å². The van der Waals surface area contributed by atoms with E-state index in [4.69, 9.17) is 4.74 Å². The van der Waals surface area contributed by atoms with Crippen molar-refractivity contribution in [2.24, 2.45) is 5.41 Å². The SMILES string of the molecule is COc1cccnc1C(=O)NC1CCC2(CCC(C)=C2C)C1. The van der Waals surface area contributed by atoms with E-state index in [1.807, 2.05) is 0 Å². The largest absolute Gasteiger partial charge is 0.494 e. The van der Waals surface area contributed by atoms with Gasteiger partial charge in [-0.05, 0) is 63.5 Å². The van der Waals surface area contributed by atoms with Crippen LogP contribution < -0.4 is 10.1 Å². The van der Waals surface area contributed by atoms with Crippen molar-refractivity contribution in [3.63, 3.8) is 0 Å². The lowest BCUT2D eigenvalue weighted by molar-refractivity contribution is 0.0927. The molecule has 1 fully saturated rings. The summed E-state index contributed by atoms with van der Waals surface area (Å²) < 4.78 is 5.22. The first-order chi connectivity index (χ1) is 10.6. The second-order valence-electron chi connectivity index (χ2n) is 6.65. The highest BCUT2D eigenvalue weighted by atomic mass is 16.5. The Morgan fingerprint density at radius 3 is 2.91 bits per heavy atom. The van der Waals surface area contributed by atoms with Crippen LogP contribution in [-0.4, -0.2) is 24.0 Å². The molecule has 1 heterocycles. The summed E-state index contributed by atoms with van der Waals surface area (Å²) in [7, 11) is 1.56. The van der Waals surface area contributed by atoms with Crippen LogP contribution in [0.15, 0.2) is 29.5 Å². The van der Waals surface area contributed by atoms with Crippen LogP contribution in [0.3, 0.4) is 0 Å². The van der Waals surface area contributed by atoms with E-state index in [1.165, 1.54) is 19.3 Å². The lowest BCUT2D eigenvalue weighted by atomic mass is 9.80. The third-order valence-corrected chi connectivity index (χ3v) is 5.56. The second-order valence-corrected chi connectivity index (χ2v) is 6.65. The summed E-state index contributed by atoms with van der Waals surface area (Å²) in [4.78, 5) is 16.6. The van der Waals surface area contributed by atoms with Gasteiger partial charge in [0.15, 0.2) is 5.69 Å². The summed E-state index contributed by atoms with van der Waals surface area (Å²) in [6.07, 6.45) is 7.36. The van der Waals surface area contributed by atoms with Crippen LogP contribution in [0.1, 0.15) is 56.4 Å². The van der Waals surface area contributed by atoms with Crippen LogP contribution in [0.2, 0.25) is 0 Å². The quantitative estimate of drug-likeness (QED) is 0.869. The molecule has 1 aromatic rings. The fraction of sp³-hybridized carbons (Fsp3) is 0.556. The van der Waals surface area contributed by atoms with Crippen LogP contribution in [0.4, 0.5) is 0 Å².